The number of nitriles is 1. The molecular weight excluding hydrogens is 508 g/mol. The van der Waals surface area contributed by atoms with Crippen LogP contribution in [0.25, 0.3) is 0 Å². The maximum Gasteiger partial charge on any atom is 0.242 e. The molecule has 0 bridgehead atoms. The summed E-state index contributed by atoms with van der Waals surface area (Å²) in [6.45, 7) is 6.62. The summed E-state index contributed by atoms with van der Waals surface area (Å²) in [5.74, 6) is 0.561. The second kappa shape index (κ2) is 11.4. The summed E-state index contributed by atoms with van der Waals surface area (Å²) in [7, 11) is 0. The molecule has 2 aromatic rings. The summed E-state index contributed by atoms with van der Waals surface area (Å²) in [5, 5.41) is 9.38. The van der Waals surface area contributed by atoms with Gasteiger partial charge in [-0.05, 0) is 61.9 Å². The van der Waals surface area contributed by atoms with Crippen molar-refractivity contribution in [1.82, 2.24) is 14.7 Å². The van der Waals surface area contributed by atoms with Gasteiger partial charge in [-0.2, -0.15) is 5.26 Å². The Morgan fingerprint density at radius 3 is 2.23 bits per heavy atom. The van der Waals surface area contributed by atoms with E-state index in [0.717, 1.165) is 35.3 Å². The normalized spacial score (nSPS) is 23.2. The molecule has 0 aromatic heterocycles. The third-order valence-corrected chi connectivity index (χ3v) is 9.48. The van der Waals surface area contributed by atoms with Crippen molar-refractivity contribution in [3.8, 4) is 6.07 Å². The van der Waals surface area contributed by atoms with E-state index in [4.69, 9.17) is 0 Å². The van der Waals surface area contributed by atoms with Gasteiger partial charge in [0.2, 0.25) is 17.7 Å². The summed E-state index contributed by atoms with van der Waals surface area (Å²) >= 11 is 1.49. The zero-order valence-corrected chi connectivity index (χ0v) is 23.6. The van der Waals surface area contributed by atoms with Crippen LogP contribution in [-0.4, -0.2) is 69.9 Å². The number of thioether (sulfide) groups is 1. The number of hydrogen-bond donors (Lipinski definition) is 0. The Bertz CT molecular complexity index is 1260. The van der Waals surface area contributed by atoms with Gasteiger partial charge >= 0.3 is 0 Å². The number of benzene rings is 2. The van der Waals surface area contributed by atoms with E-state index in [-0.39, 0.29) is 24.1 Å². The van der Waals surface area contributed by atoms with Crippen molar-refractivity contribution in [3.05, 3.63) is 65.2 Å². The fourth-order valence-corrected chi connectivity index (χ4v) is 7.22. The molecule has 0 radical (unpaired) electrons. The van der Waals surface area contributed by atoms with Gasteiger partial charge in [0.25, 0.3) is 0 Å². The lowest BCUT2D eigenvalue weighted by atomic mass is 9.90. The molecule has 204 valence electrons. The third-order valence-electron chi connectivity index (χ3n) is 8.06. The van der Waals surface area contributed by atoms with Crippen LogP contribution in [0.15, 0.2) is 53.4 Å². The lowest BCUT2D eigenvalue weighted by Gasteiger charge is -2.42. The van der Waals surface area contributed by atoms with Crippen LogP contribution in [-0.2, 0) is 14.4 Å². The summed E-state index contributed by atoms with van der Waals surface area (Å²) in [4.78, 5) is 47.5. The molecule has 2 unspecified atom stereocenters. The average Bonchev–Trinajstić information content (AvgIpc) is 3.73. The minimum Gasteiger partial charge on any atom is -0.339 e. The van der Waals surface area contributed by atoms with Crippen molar-refractivity contribution < 1.29 is 14.4 Å². The number of nitrogens with zero attached hydrogens (tertiary/aromatic N) is 4. The van der Waals surface area contributed by atoms with Gasteiger partial charge in [-0.25, -0.2) is 0 Å². The van der Waals surface area contributed by atoms with Crippen LogP contribution in [0.2, 0.25) is 0 Å². The van der Waals surface area contributed by atoms with Crippen LogP contribution < -0.4 is 0 Å². The number of piperazine rings is 1. The summed E-state index contributed by atoms with van der Waals surface area (Å²) < 4.78 is -1.05. The molecule has 2 heterocycles. The molecule has 3 fully saturated rings. The minimum absolute atomic E-state index is 0.000908. The Hall–Kier alpha value is -3.31. The van der Waals surface area contributed by atoms with E-state index < -0.39 is 10.8 Å². The molecule has 8 heteroatoms. The molecule has 1 aliphatic carbocycles. The highest BCUT2D eigenvalue weighted by Crippen LogP contribution is 2.54. The average molecular weight is 545 g/mol. The molecule has 2 aliphatic heterocycles. The number of rotatable bonds is 8. The minimum atomic E-state index is -1.05. The topological polar surface area (TPSA) is 84.7 Å². The zero-order valence-electron chi connectivity index (χ0n) is 22.8. The van der Waals surface area contributed by atoms with Gasteiger partial charge in [0, 0.05) is 44.0 Å². The SMILES string of the molecule is CCCC(=O)N1CCN(C(=O)C2(Sc3ccc(C)cc3)CC(=O)N(CC3CC3)C2c2ccc(C#N)cc2)CC1. The van der Waals surface area contributed by atoms with Gasteiger partial charge in [0.05, 0.1) is 24.1 Å². The predicted octanol–water partition coefficient (Wildman–Crippen LogP) is 4.55. The summed E-state index contributed by atoms with van der Waals surface area (Å²) in [6.07, 6.45) is 3.65. The number of hydrogen-bond acceptors (Lipinski definition) is 5. The molecule has 7 nitrogen and oxygen atoms in total. The van der Waals surface area contributed by atoms with Gasteiger partial charge < -0.3 is 14.7 Å². The largest absolute Gasteiger partial charge is 0.339 e. The van der Waals surface area contributed by atoms with Crippen molar-refractivity contribution in [2.24, 2.45) is 5.92 Å². The highest BCUT2D eigenvalue weighted by Gasteiger charge is 2.59. The molecule has 0 spiro atoms. The van der Waals surface area contributed by atoms with Crippen LogP contribution in [0, 0.1) is 24.2 Å². The Kier molecular flexibility index (Phi) is 7.99. The highest BCUT2D eigenvalue weighted by molar-refractivity contribution is 8.01. The van der Waals surface area contributed by atoms with Crippen molar-refractivity contribution in [2.75, 3.05) is 32.7 Å². The van der Waals surface area contributed by atoms with E-state index in [1.54, 1.807) is 12.1 Å². The van der Waals surface area contributed by atoms with Gasteiger partial charge in [-0.3, -0.25) is 14.4 Å². The molecular formula is C31H36N4O3S. The van der Waals surface area contributed by atoms with E-state index in [1.165, 1.54) is 11.8 Å². The van der Waals surface area contributed by atoms with Crippen LogP contribution in [0.4, 0.5) is 0 Å². The Morgan fingerprint density at radius 2 is 1.64 bits per heavy atom. The first-order valence-electron chi connectivity index (χ1n) is 14.0. The zero-order chi connectivity index (χ0) is 27.6. The number of amides is 3. The van der Waals surface area contributed by atoms with E-state index in [9.17, 15) is 19.6 Å². The second-order valence-electron chi connectivity index (χ2n) is 11.0. The number of carbonyl (C=O) groups excluding carboxylic acids is 3. The maximum absolute atomic E-state index is 14.7. The molecule has 3 aliphatic rings. The highest BCUT2D eigenvalue weighted by atomic mass is 32.2. The quantitative estimate of drug-likeness (QED) is 0.487. The van der Waals surface area contributed by atoms with E-state index in [0.29, 0.717) is 50.6 Å². The van der Waals surface area contributed by atoms with Gasteiger partial charge in [-0.15, -0.1) is 11.8 Å². The molecule has 39 heavy (non-hydrogen) atoms. The lowest BCUT2D eigenvalue weighted by molar-refractivity contribution is -0.141. The lowest BCUT2D eigenvalue weighted by Crippen LogP contribution is -2.57. The van der Waals surface area contributed by atoms with Gasteiger partial charge in [0.15, 0.2) is 0 Å². The van der Waals surface area contributed by atoms with Crippen molar-refractivity contribution in [3.63, 3.8) is 0 Å². The predicted molar refractivity (Wildman–Crippen MR) is 151 cm³/mol. The first-order valence-corrected chi connectivity index (χ1v) is 14.8. The van der Waals surface area contributed by atoms with Crippen molar-refractivity contribution in [2.45, 2.75) is 61.6 Å². The van der Waals surface area contributed by atoms with Crippen molar-refractivity contribution in [1.29, 1.82) is 5.26 Å². The van der Waals surface area contributed by atoms with Crippen LogP contribution in [0.3, 0.4) is 0 Å². The standard InChI is InChI=1S/C31H36N4O3S/c1-3-4-27(36)33-15-17-34(18-16-33)30(38)31(39-26-13-5-22(2)6-14-26)19-28(37)35(21-24-7-8-24)29(31)25-11-9-23(20-32)10-12-25/h5-6,9-14,24,29H,3-4,7-8,15-19,21H2,1-2H3. The van der Waals surface area contributed by atoms with Gasteiger partial charge in [-0.1, -0.05) is 36.8 Å². The fourth-order valence-electron chi connectivity index (χ4n) is 5.74. The Balaban J connectivity index is 1.53. The summed E-state index contributed by atoms with van der Waals surface area (Å²) in [5.41, 5.74) is 2.56. The molecule has 3 amide bonds. The molecule has 2 atom stereocenters. The smallest absolute Gasteiger partial charge is 0.242 e. The van der Waals surface area contributed by atoms with E-state index >= 15 is 0 Å². The van der Waals surface area contributed by atoms with Crippen LogP contribution in [0.5, 0.6) is 0 Å². The van der Waals surface area contributed by atoms with E-state index in [2.05, 4.69) is 6.07 Å². The molecule has 2 saturated heterocycles. The van der Waals surface area contributed by atoms with Crippen molar-refractivity contribution >= 4 is 29.5 Å². The second-order valence-corrected chi connectivity index (χ2v) is 12.4. The molecule has 0 N–H and O–H groups in total. The third kappa shape index (κ3) is 5.69. The molecule has 2 aromatic carbocycles. The number of likely N-dealkylation sites (tertiary alicyclic amines) is 1. The Labute approximate surface area is 235 Å². The van der Waals surface area contributed by atoms with Gasteiger partial charge in [0.1, 0.15) is 4.75 Å². The Morgan fingerprint density at radius 1 is 1.00 bits per heavy atom. The monoisotopic (exact) mass is 544 g/mol. The molecule has 1 saturated carbocycles. The van der Waals surface area contributed by atoms with E-state index in [1.807, 2.05) is 64.9 Å². The first kappa shape index (κ1) is 27.3. The number of aryl methyl sites for hydroxylation is 1. The fraction of sp³-hybridized carbons (Fsp3) is 0.484. The number of carbonyl (C=O) groups is 3. The van der Waals surface area contributed by atoms with Crippen LogP contribution in [0.1, 0.15) is 61.8 Å². The maximum atomic E-state index is 14.7. The first-order chi connectivity index (χ1) is 18.8. The summed E-state index contributed by atoms with van der Waals surface area (Å²) in [6, 6.07) is 17.2. The van der Waals surface area contributed by atoms with Crippen LogP contribution >= 0.6 is 11.8 Å². The molecule has 5 rings (SSSR count).